The molecule has 1 amide bonds. The molecule has 0 heterocycles. The second-order valence-corrected chi connectivity index (χ2v) is 10.5. The molecule has 0 fully saturated rings. The van der Waals surface area contributed by atoms with E-state index in [1.54, 1.807) is 30.3 Å². The van der Waals surface area contributed by atoms with Crippen molar-refractivity contribution >= 4 is 33.2 Å². The van der Waals surface area contributed by atoms with E-state index in [-0.39, 0.29) is 23.0 Å². The van der Waals surface area contributed by atoms with Gasteiger partial charge in [-0.15, -0.1) is 0 Å². The molecule has 0 aliphatic rings. The number of hydrogen-bond donors (Lipinski definition) is 2. The number of nitrogens with one attached hydrogen (secondary N) is 2. The first-order valence-corrected chi connectivity index (χ1v) is 12.8. The van der Waals surface area contributed by atoms with Crippen LogP contribution in [0, 0.1) is 6.92 Å². The fourth-order valence-electron chi connectivity index (χ4n) is 3.45. The average molecular weight is 501 g/mol. The third kappa shape index (κ3) is 6.38. The second-order valence-electron chi connectivity index (χ2n) is 8.38. The number of anilines is 1. The Kier molecular flexibility index (Phi) is 8.36. The lowest BCUT2D eigenvalue weighted by Gasteiger charge is -2.20. The molecule has 0 bridgehead atoms. The summed E-state index contributed by atoms with van der Waals surface area (Å²) in [7, 11) is -2.68. The Balaban J connectivity index is 1.95. The molecule has 0 aliphatic carbocycles. The average Bonchev–Trinajstić information content (AvgIpc) is 2.81. The lowest BCUT2D eigenvalue weighted by Crippen LogP contribution is -2.45. The van der Waals surface area contributed by atoms with Gasteiger partial charge in [0.05, 0.1) is 7.11 Å². The van der Waals surface area contributed by atoms with E-state index in [0.29, 0.717) is 10.7 Å². The van der Waals surface area contributed by atoms with Crippen LogP contribution in [0.4, 0.5) is 5.69 Å². The van der Waals surface area contributed by atoms with E-state index < -0.39 is 22.0 Å². The van der Waals surface area contributed by atoms with Crippen LogP contribution in [0.15, 0.2) is 71.6 Å². The maximum absolute atomic E-state index is 13.5. The van der Waals surface area contributed by atoms with Crippen LogP contribution >= 0.6 is 11.6 Å². The third-order valence-electron chi connectivity index (χ3n) is 5.48. The zero-order valence-corrected chi connectivity index (χ0v) is 21.2. The monoisotopic (exact) mass is 500 g/mol. The zero-order chi connectivity index (χ0) is 24.9. The molecule has 0 saturated carbocycles. The number of carbonyl (C=O) groups excluding carboxylic acids is 1. The highest BCUT2D eigenvalue weighted by atomic mass is 35.5. The lowest BCUT2D eigenvalue weighted by atomic mass is 10.0. The van der Waals surface area contributed by atoms with Crippen LogP contribution in [0.5, 0.6) is 5.75 Å². The van der Waals surface area contributed by atoms with E-state index in [1.165, 1.54) is 7.11 Å². The van der Waals surface area contributed by atoms with Crippen molar-refractivity contribution in [2.75, 3.05) is 12.4 Å². The molecule has 6 nitrogen and oxygen atoms in total. The molecule has 0 aromatic heterocycles. The van der Waals surface area contributed by atoms with Crippen molar-refractivity contribution in [2.24, 2.45) is 0 Å². The van der Waals surface area contributed by atoms with Crippen molar-refractivity contribution < 1.29 is 17.9 Å². The van der Waals surface area contributed by atoms with Crippen LogP contribution in [-0.2, 0) is 21.2 Å². The summed E-state index contributed by atoms with van der Waals surface area (Å²) in [6, 6.07) is 18.4. The van der Waals surface area contributed by atoms with Crippen molar-refractivity contribution in [3.8, 4) is 5.75 Å². The number of rotatable bonds is 9. The van der Waals surface area contributed by atoms with Crippen LogP contribution in [0.1, 0.15) is 36.5 Å². The molecule has 1 unspecified atom stereocenters. The maximum Gasteiger partial charge on any atom is 0.245 e. The number of benzene rings is 3. The molecular weight excluding hydrogens is 472 g/mol. The summed E-state index contributed by atoms with van der Waals surface area (Å²) in [5, 5.41) is 3.29. The normalized spacial score (nSPS) is 12.4. The first-order valence-electron chi connectivity index (χ1n) is 10.9. The largest absolute Gasteiger partial charge is 0.495 e. The summed E-state index contributed by atoms with van der Waals surface area (Å²) in [5.41, 5.74) is 3.02. The highest BCUT2D eigenvalue weighted by molar-refractivity contribution is 7.89. The molecule has 8 heteroatoms. The molecule has 0 aliphatic heterocycles. The van der Waals surface area contributed by atoms with E-state index in [4.69, 9.17) is 16.3 Å². The minimum absolute atomic E-state index is 0.00885. The summed E-state index contributed by atoms with van der Waals surface area (Å²) in [6.07, 6.45) is 0.164. The van der Waals surface area contributed by atoms with E-state index in [9.17, 15) is 13.2 Å². The number of hydrogen-bond acceptors (Lipinski definition) is 4. The van der Waals surface area contributed by atoms with Gasteiger partial charge < -0.3 is 10.1 Å². The molecule has 1 atom stereocenters. The molecule has 180 valence electrons. The SMILES string of the molecule is COc1ccc(C(C)C)cc1S(=O)(=O)NC(Cc1ccccc1)C(=O)Nc1ccc(C)c(Cl)c1. The lowest BCUT2D eigenvalue weighted by molar-refractivity contribution is -0.117. The van der Waals surface area contributed by atoms with Gasteiger partial charge in [-0.05, 0) is 60.2 Å². The molecule has 0 saturated heterocycles. The van der Waals surface area contributed by atoms with Gasteiger partial charge in [0.1, 0.15) is 16.7 Å². The summed E-state index contributed by atoms with van der Waals surface area (Å²) < 4.78 is 34.8. The van der Waals surface area contributed by atoms with Crippen LogP contribution in [-0.4, -0.2) is 27.5 Å². The third-order valence-corrected chi connectivity index (χ3v) is 7.38. The highest BCUT2D eigenvalue weighted by Gasteiger charge is 2.29. The molecule has 3 aromatic rings. The number of halogens is 1. The van der Waals surface area contributed by atoms with Gasteiger partial charge >= 0.3 is 0 Å². The number of ether oxygens (including phenoxy) is 1. The first kappa shape index (κ1) is 25.7. The summed E-state index contributed by atoms with van der Waals surface area (Å²) in [6.45, 7) is 5.81. The fourth-order valence-corrected chi connectivity index (χ4v) is 5.03. The second kappa shape index (κ2) is 11.0. The Hall–Kier alpha value is -2.87. The van der Waals surface area contributed by atoms with Crippen molar-refractivity contribution in [1.82, 2.24) is 4.72 Å². The molecule has 34 heavy (non-hydrogen) atoms. The van der Waals surface area contributed by atoms with Gasteiger partial charge in [0, 0.05) is 10.7 Å². The van der Waals surface area contributed by atoms with Crippen LogP contribution in [0.2, 0.25) is 5.02 Å². The smallest absolute Gasteiger partial charge is 0.245 e. The number of aryl methyl sites for hydroxylation is 1. The van der Waals surface area contributed by atoms with E-state index in [0.717, 1.165) is 16.7 Å². The molecule has 2 N–H and O–H groups in total. The van der Waals surface area contributed by atoms with Gasteiger partial charge in [0.15, 0.2) is 0 Å². The highest BCUT2D eigenvalue weighted by Crippen LogP contribution is 2.28. The Morgan fingerprint density at radius 3 is 2.35 bits per heavy atom. The summed E-state index contributed by atoms with van der Waals surface area (Å²) in [5.74, 6) is -0.165. The van der Waals surface area contributed by atoms with Crippen molar-refractivity contribution in [3.63, 3.8) is 0 Å². The number of methoxy groups -OCH3 is 1. The van der Waals surface area contributed by atoms with Crippen molar-refractivity contribution in [2.45, 2.75) is 44.0 Å². The van der Waals surface area contributed by atoms with Gasteiger partial charge in [-0.3, -0.25) is 4.79 Å². The molecule has 0 spiro atoms. The minimum atomic E-state index is -4.09. The fraction of sp³-hybridized carbons (Fsp3) is 0.269. The molecule has 0 radical (unpaired) electrons. The van der Waals surface area contributed by atoms with Crippen LogP contribution in [0.25, 0.3) is 0 Å². The van der Waals surface area contributed by atoms with E-state index >= 15 is 0 Å². The van der Waals surface area contributed by atoms with Crippen molar-refractivity contribution in [1.29, 1.82) is 0 Å². The molecule has 3 rings (SSSR count). The van der Waals surface area contributed by atoms with Crippen LogP contribution in [0.3, 0.4) is 0 Å². The standard InChI is InChI=1S/C26H29ClN2O4S/c1-17(2)20-11-13-24(33-4)25(15-20)34(31,32)29-23(14-19-8-6-5-7-9-19)26(30)28-21-12-10-18(3)22(27)16-21/h5-13,15-17,23,29H,14H2,1-4H3,(H,28,30). The number of sulfonamides is 1. The number of amides is 1. The Labute approximate surface area is 206 Å². The molecular formula is C26H29ClN2O4S. The van der Waals surface area contributed by atoms with E-state index in [1.807, 2.05) is 57.2 Å². The molecule has 3 aromatic carbocycles. The first-order chi connectivity index (χ1) is 16.1. The summed E-state index contributed by atoms with van der Waals surface area (Å²) in [4.78, 5) is 13.2. The maximum atomic E-state index is 13.5. The predicted molar refractivity (Wildman–Crippen MR) is 136 cm³/mol. The van der Waals surface area contributed by atoms with Gasteiger partial charge in [-0.2, -0.15) is 4.72 Å². The summed E-state index contributed by atoms with van der Waals surface area (Å²) >= 11 is 6.19. The van der Waals surface area contributed by atoms with Gasteiger partial charge in [-0.1, -0.05) is 67.9 Å². The Morgan fingerprint density at radius 1 is 1.03 bits per heavy atom. The predicted octanol–water partition coefficient (Wildman–Crippen LogP) is 5.31. The zero-order valence-electron chi connectivity index (χ0n) is 19.6. The minimum Gasteiger partial charge on any atom is -0.495 e. The van der Waals surface area contributed by atoms with E-state index in [2.05, 4.69) is 10.0 Å². The van der Waals surface area contributed by atoms with Gasteiger partial charge in [0.2, 0.25) is 15.9 Å². The Morgan fingerprint density at radius 2 is 1.74 bits per heavy atom. The van der Waals surface area contributed by atoms with Crippen LogP contribution < -0.4 is 14.8 Å². The Bertz CT molecular complexity index is 1260. The number of carbonyl (C=O) groups is 1. The van der Waals surface area contributed by atoms with Crippen molar-refractivity contribution in [3.05, 3.63) is 88.4 Å². The van der Waals surface area contributed by atoms with Gasteiger partial charge in [0.25, 0.3) is 0 Å². The topological polar surface area (TPSA) is 84.5 Å². The quantitative estimate of drug-likeness (QED) is 0.417. The van der Waals surface area contributed by atoms with Gasteiger partial charge in [-0.25, -0.2) is 8.42 Å².